The fourth-order valence-electron chi connectivity index (χ4n) is 2.47. The second-order valence-corrected chi connectivity index (χ2v) is 5.23. The summed E-state index contributed by atoms with van der Waals surface area (Å²) < 4.78 is 11.0. The van der Waals surface area contributed by atoms with Crippen LogP contribution in [-0.4, -0.2) is 56.8 Å². The third-order valence-electron chi connectivity index (χ3n) is 3.68. The van der Waals surface area contributed by atoms with Crippen LogP contribution in [0.25, 0.3) is 0 Å². The van der Waals surface area contributed by atoms with E-state index in [1.54, 1.807) is 4.90 Å². The van der Waals surface area contributed by atoms with Crippen LogP contribution in [0.2, 0.25) is 0 Å². The zero-order valence-corrected chi connectivity index (χ0v) is 12.7. The zero-order valence-electron chi connectivity index (χ0n) is 12.7. The lowest BCUT2D eigenvalue weighted by Gasteiger charge is -2.24. The predicted molar refractivity (Wildman–Crippen MR) is 81.3 cm³/mol. The monoisotopic (exact) mass is 292 g/mol. The number of benzene rings is 1. The number of para-hydroxylation sites is 1. The van der Waals surface area contributed by atoms with Crippen molar-refractivity contribution in [2.24, 2.45) is 5.92 Å². The van der Waals surface area contributed by atoms with E-state index in [9.17, 15) is 4.79 Å². The number of carbonyl (C=O) groups excluding carboxylic acids is 1. The highest BCUT2D eigenvalue weighted by Crippen LogP contribution is 2.16. The Morgan fingerprint density at radius 1 is 1.38 bits per heavy atom. The molecule has 1 heterocycles. The molecule has 0 aromatic heterocycles. The van der Waals surface area contributed by atoms with Crippen LogP contribution >= 0.6 is 0 Å². The fourth-order valence-corrected chi connectivity index (χ4v) is 2.47. The van der Waals surface area contributed by atoms with E-state index in [0.717, 1.165) is 12.3 Å². The molecule has 0 saturated carbocycles. The quantitative estimate of drug-likeness (QED) is 0.819. The topological polar surface area (TPSA) is 50.8 Å². The summed E-state index contributed by atoms with van der Waals surface area (Å²) in [5, 5.41) is 3.31. The molecule has 1 amide bonds. The van der Waals surface area contributed by atoms with Gasteiger partial charge in [0.05, 0.1) is 25.7 Å². The third-order valence-corrected chi connectivity index (χ3v) is 3.68. The maximum atomic E-state index is 12.4. The number of likely N-dealkylation sites (N-methyl/N-ethyl adjacent to an activating group) is 2. The van der Waals surface area contributed by atoms with Crippen LogP contribution < -0.4 is 10.1 Å². The van der Waals surface area contributed by atoms with E-state index in [0.29, 0.717) is 26.4 Å². The average Bonchev–Trinajstić information content (AvgIpc) is 2.96. The summed E-state index contributed by atoms with van der Waals surface area (Å²) in [5.74, 6) is 0.856. The lowest BCUT2D eigenvalue weighted by atomic mass is 10.0. The molecule has 2 atom stereocenters. The van der Waals surface area contributed by atoms with Crippen molar-refractivity contribution in [1.82, 2.24) is 10.2 Å². The molecule has 2 rings (SSSR count). The highest BCUT2D eigenvalue weighted by atomic mass is 16.5. The van der Waals surface area contributed by atoms with Gasteiger partial charge in [0, 0.05) is 13.1 Å². The lowest BCUT2D eigenvalue weighted by molar-refractivity contribution is -0.135. The van der Waals surface area contributed by atoms with Crippen molar-refractivity contribution >= 4 is 5.91 Å². The average molecular weight is 292 g/mol. The van der Waals surface area contributed by atoms with Crippen molar-refractivity contribution in [2.75, 3.05) is 40.0 Å². The van der Waals surface area contributed by atoms with Crippen molar-refractivity contribution in [3.05, 3.63) is 30.3 Å². The largest absolute Gasteiger partial charge is 0.492 e. The van der Waals surface area contributed by atoms with Crippen LogP contribution in [0.1, 0.15) is 6.92 Å². The predicted octanol–water partition coefficient (Wildman–Crippen LogP) is 1.15. The normalized spacial score (nSPS) is 21.2. The minimum Gasteiger partial charge on any atom is -0.492 e. The van der Waals surface area contributed by atoms with E-state index >= 15 is 0 Å². The number of carbonyl (C=O) groups is 1. The summed E-state index contributed by atoms with van der Waals surface area (Å²) in [6.45, 7) is 5.06. The van der Waals surface area contributed by atoms with Crippen molar-refractivity contribution in [1.29, 1.82) is 0 Å². The number of ether oxygens (including phenoxy) is 2. The molecule has 1 fully saturated rings. The second kappa shape index (κ2) is 8.00. The molecule has 2 unspecified atom stereocenters. The molecule has 0 aliphatic carbocycles. The van der Waals surface area contributed by atoms with Gasteiger partial charge in [0.15, 0.2) is 0 Å². The molecule has 0 spiro atoms. The first-order valence-electron chi connectivity index (χ1n) is 7.46. The van der Waals surface area contributed by atoms with E-state index in [4.69, 9.17) is 9.47 Å². The van der Waals surface area contributed by atoms with E-state index in [1.165, 1.54) is 0 Å². The number of nitrogens with zero attached hydrogens (tertiary/aromatic N) is 1. The van der Waals surface area contributed by atoms with Gasteiger partial charge in [-0.25, -0.2) is 0 Å². The molecule has 0 radical (unpaired) electrons. The van der Waals surface area contributed by atoms with Crippen LogP contribution in [0.3, 0.4) is 0 Å². The summed E-state index contributed by atoms with van der Waals surface area (Å²) in [4.78, 5) is 14.2. The number of nitrogens with one attached hydrogen (secondary N) is 1. The van der Waals surface area contributed by atoms with Crippen LogP contribution in [0.4, 0.5) is 0 Å². The fraction of sp³-hybridized carbons (Fsp3) is 0.562. The van der Waals surface area contributed by atoms with Gasteiger partial charge in [-0.1, -0.05) is 25.1 Å². The van der Waals surface area contributed by atoms with Gasteiger partial charge >= 0.3 is 0 Å². The Kier molecular flexibility index (Phi) is 6.02. The number of amides is 1. The van der Waals surface area contributed by atoms with Gasteiger partial charge < -0.3 is 19.7 Å². The molecule has 21 heavy (non-hydrogen) atoms. The zero-order chi connectivity index (χ0) is 15.1. The Morgan fingerprint density at radius 3 is 2.86 bits per heavy atom. The third kappa shape index (κ3) is 4.44. The van der Waals surface area contributed by atoms with Gasteiger partial charge in [0.25, 0.3) is 0 Å². The van der Waals surface area contributed by atoms with Crippen molar-refractivity contribution in [2.45, 2.75) is 13.0 Å². The number of hydrogen-bond acceptors (Lipinski definition) is 4. The van der Waals surface area contributed by atoms with Gasteiger partial charge in [0.1, 0.15) is 12.4 Å². The molecule has 1 aromatic carbocycles. The minimum absolute atomic E-state index is 0.0910. The molecule has 5 nitrogen and oxygen atoms in total. The van der Waals surface area contributed by atoms with Gasteiger partial charge in [-0.3, -0.25) is 4.79 Å². The Balaban J connectivity index is 1.77. The Labute approximate surface area is 126 Å². The van der Waals surface area contributed by atoms with Gasteiger partial charge in [0.2, 0.25) is 5.91 Å². The molecule has 1 aliphatic rings. The standard InChI is InChI=1S/C16H24N2O3/c1-3-17-15-12-20-11-14(15)16(19)18(2)9-10-21-13-7-5-4-6-8-13/h4-8,14-15,17H,3,9-12H2,1-2H3. The maximum absolute atomic E-state index is 12.4. The molecule has 1 saturated heterocycles. The molecule has 1 N–H and O–H groups in total. The SMILES string of the molecule is CCNC1COCC1C(=O)N(C)CCOc1ccccc1. The van der Waals surface area contributed by atoms with Gasteiger partial charge in [-0.2, -0.15) is 0 Å². The van der Waals surface area contributed by atoms with Crippen LogP contribution in [0, 0.1) is 5.92 Å². The first-order valence-corrected chi connectivity index (χ1v) is 7.46. The van der Waals surface area contributed by atoms with Crippen molar-refractivity contribution < 1.29 is 14.3 Å². The van der Waals surface area contributed by atoms with Crippen molar-refractivity contribution in [3.63, 3.8) is 0 Å². The molecule has 116 valence electrons. The van der Waals surface area contributed by atoms with E-state index in [2.05, 4.69) is 5.32 Å². The second-order valence-electron chi connectivity index (χ2n) is 5.23. The first kappa shape index (κ1) is 15.8. The maximum Gasteiger partial charge on any atom is 0.229 e. The lowest BCUT2D eigenvalue weighted by Crippen LogP contribution is -2.45. The van der Waals surface area contributed by atoms with Gasteiger partial charge in [-0.15, -0.1) is 0 Å². The molecule has 5 heteroatoms. The van der Waals surface area contributed by atoms with E-state index in [-0.39, 0.29) is 17.9 Å². The van der Waals surface area contributed by atoms with Crippen LogP contribution in [0.15, 0.2) is 30.3 Å². The highest BCUT2D eigenvalue weighted by Gasteiger charge is 2.34. The molecule has 1 aromatic rings. The van der Waals surface area contributed by atoms with Gasteiger partial charge in [-0.05, 0) is 18.7 Å². The van der Waals surface area contributed by atoms with Crippen molar-refractivity contribution in [3.8, 4) is 5.75 Å². The molecular formula is C16H24N2O3. The van der Waals surface area contributed by atoms with Crippen LogP contribution in [0.5, 0.6) is 5.75 Å². The number of rotatable bonds is 7. The summed E-state index contributed by atoms with van der Waals surface area (Å²) in [7, 11) is 1.82. The van der Waals surface area contributed by atoms with Crippen LogP contribution in [-0.2, 0) is 9.53 Å². The Bertz CT molecular complexity index is 438. The summed E-state index contributed by atoms with van der Waals surface area (Å²) in [6, 6.07) is 9.76. The number of hydrogen-bond donors (Lipinski definition) is 1. The van der Waals surface area contributed by atoms with E-state index in [1.807, 2.05) is 44.3 Å². The first-order chi connectivity index (χ1) is 10.2. The Morgan fingerprint density at radius 2 is 2.14 bits per heavy atom. The van der Waals surface area contributed by atoms with E-state index < -0.39 is 0 Å². The Hall–Kier alpha value is -1.59. The molecule has 1 aliphatic heterocycles. The summed E-state index contributed by atoms with van der Waals surface area (Å²) in [6.07, 6.45) is 0. The molecular weight excluding hydrogens is 268 g/mol. The summed E-state index contributed by atoms with van der Waals surface area (Å²) >= 11 is 0. The minimum atomic E-state index is -0.0910. The highest BCUT2D eigenvalue weighted by molar-refractivity contribution is 5.79. The molecule has 0 bridgehead atoms. The summed E-state index contributed by atoms with van der Waals surface area (Å²) in [5.41, 5.74) is 0. The smallest absolute Gasteiger partial charge is 0.229 e.